The lowest BCUT2D eigenvalue weighted by Crippen LogP contribution is -2.29. The van der Waals surface area contributed by atoms with Crippen LogP contribution in [0.25, 0.3) is 5.76 Å². The second-order valence-electron chi connectivity index (χ2n) is 8.38. The number of nitrogens with zero attached hydrogens (tertiary/aromatic N) is 5. The largest absolute Gasteiger partial charge is 0.507 e. The number of nitro benzene ring substituents is 1. The standard InChI is InChI=1S/C26H19N5O5S2/c1-15-5-7-16(8-6-15)14-37-26-29-28-25(38-26)30-21(18-3-2-4-19(13-18)31(35)36)20(23(33)24(30)34)22(32)17-9-11-27-12-10-17/h2-13,21,32H,14H2,1H3. The van der Waals surface area contributed by atoms with Gasteiger partial charge in [-0.05, 0) is 30.2 Å². The molecule has 1 saturated heterocycles. The monoisotopic (exact) mass is 545 g/mol. The van der Waals surface area contributed by atoms with E-state index >= 15 is 0 Å². The molecule has 0 radical (unpaired) electrons. The Morgan fingerprint density at radius 1 is 1.11 bits per heavy atom. The summed E-state index contributed by atoms with van der Waals surface area (Å²) in [7, 11) is 0. The van der Waals surface area contributed by atoms with Crippen molar-refractivity contribution in [3.05, 3.63) is 111 Å². The molecule has 1 N–H and O–H groups in total. The van der Waals surface area contributed by atoms with Gasteiger partial charge in [0, 0.05) is 35.8 Å². The number of hydrogen-bond acceptors (Lipinski definition) is 10. The molecule has 1 aliphatic heterocycles. The Balaban J connectivity index is 1.56. The number of nitro groups is 1. The normalized spacial score (nSPS) is 16.7. The minimum atomic E-state index is -1.15. The van der Waals surface area contributed by atoms with E-state index in [1.807, 2.05) is 31.2 Å². The van der Waals surface area contributed by atoms with Crippen molar-refractivity contribution in [3.8, 4) is 0 Å². The van der Waals surface area contributed by atoms with Crippen molar-refractivity contribution >= 4 is 51.4 Å². The predicted octanol–water partition coefficient (Wildman–Crippen LogP) is 5.07. The van der Waals surface area contributed by atoms with E-state index in [2.05, 4.69) is 15.2 Å². The van der Waals surface area contributed by atoms with Crippen molar-refractivity contribution in [2.75, 3.05) is 4.90 Å². The minimum Gasteiger partial charge on any atom is -0.507 e. The Morgan fingerprint density at radius 3 is 2.55 bits per heavy atom. The molecule has 190 valence electrons. The molecule has 10 nitrogen and oxygen atoms in total. The molecular formula is C26H19N5O5S2. The Kier molecular flexibility index (Phi) is 6.99. The first-order valence-corrected chi connectivity index (χ1v) is 13.1. The van der Waals surface area contributed by atoms with E-state index in [1.165, 1.54) is 54.5 Å². The molecule has 3 heterocycles. The first kappa shape index (κ1) is 25.2. The van der Waals surface area contributed by atoms with Crippen molar-refractivity contribution < 1.29 is 19.6 Å². The third kappa shape index (κ3) is 4.91. The number of carbonyl (C=O) groups is 2. The molecule has 4 aromatic rings. The van der Waals surface area contributed by atoms with Gasteiger partial charge >= 0.3 is 5.91 Å². The maximum Gasteiger partial charge on any atom is 0.301 e. The summed E-state index contributed by atoms with van der Waals surface area (Å²) in [5.74, 6) is -1.63. The number of pyridine rings is 1. The molecule has 38 heavy (non-hydrogen) atoms. The van der Waals surface area contributed by atoms with E-state index < -0.39 is 28.4 Å². The number of aryl methyl sites for hydroxylation is 1. The van der Waals surface area contributed by atoms with Crippen molar-refractivity contribution in [3.63, 3.8) is 0 Å². The van der Waals surface area contributed by atoms with E-state index in [0.717, 1.165) is 27.4 Å². The quantitative estimate of drug-likeness (QED) is 0.0641. The Labute approximate surface area is 224 Å². The number of Topliss-reactive ketones (excluding diaryl/α,β-unsaturated/α-hetero) is 1. The van der Waals surface area contributed by atoms with Crippen LogP contribution in [0.3, 0.4) is 0 Å². The first-order chi connectivity index (χ1) is 18.3. The molecule has 2 aromatic carbocycles. The highest BCUT2D eigenvalue weighted by atomic mass is 32.2. The third-order valence-corrected chi connectivity index (χ3v) is 8.01. The summed E-state index contributed by atoms with van der Waals surface area (Å²) in [5.41, 5.74) is 2.37. The highest BCUT2D eigenvalue weighted by molar-refractivity contribution is 8.00. The number of benzene rings is 2. The van der Waals surface area contributed by atoms with Crippen LogP contribution in [0.1, 0.15) is 28.3 Å². The van der Waals surface area contributed by atoms with Crippen molar-refractivity contribution in [1.82, 2.24) is 15.2 Å². The van der Waals surface area contributed by atoms with Gasteiger partial charge in [0.2, 0.25) is 5.13 Å². The number of hydrogen-bond donors (Lipinski definition) is 1. The summed E-state index contributed by atoms with van der Waals surface area (Å²) in [6, 6.07) is 15.5. The maximum atomic E-state index is 13.3. The summed E-state index contributed by atoms with van der Waals surface area (Å²) in [6.45, 7) is 2.01. The van der Waals surface area contributed by atoms with Gasteiger partial charge in [-0.3, -0.25) is 29.6 Å². The van der Waals surface area contributed by atoms with Crippen molar-refractivity contribution in [1.29, 1.82) is 0 Å². The topological polar surface area (TPSA) is 139 Å². The lowest BCUT2D eigenvalue weighted by atomic mass is 9.95. The number of non-ortho nitro benzene ring substituents is 1. The number of aliphatic hydroxyl groups excluding tert-OH is 1. The van der Waals surface area contributed by atoms with Crippen LogP contribution in [0.2, 0.25) is 0 Å². The van der Waals surface area contributed by atoms with Gasteiger partial charge in [-0.15, -0.1) is 10.2 Å². The molecule has 1 amide bonds. The zero-order chi connectivity index (χ0) is 26.8. The second-order valence-corrected chi connectivity index (χ2v) is 10.6. The molecule has 1 unspecified atom stereocenters. The summed E-state index contributed by atoms with van der Waals surface area (Å²) in [5, 5.41) is 31.1. The first-order valence-electron chi connectivity index (χ1n) is 11.3. The minimum absolute atomic E-state index is 0.142. The second kappa shape index (κ2) is 10.5. The molecule has 1 atom stereocenters. The maximum absolute atomic E-state index is 13.3. The van der Waals surface area contributed by atoms with E-state index in [0.29, 0.717) is 10.1 Å². The molecule has 2 aromatic heterocycles. The van der Waals surface area contributed by atoms with Crippen LogP contribution in [0, 0.1) is 17.0 Å². The van der Waals surface area contributed by atoms with Gasteiger partial charge in [-0.25, -0.2) is 0 Å². The van der Waals surface area contributed by atoms with Crippen LogP contribution in [-0.4, -0.2) is 36.9 Å². The third-order valence-electron chi connectivity index (χ3n) is 5.88. The average molecular weight is 546 g/mol. The Bertz CT molecular complexity index is 1570. The predicted molar refractivity (Wildman–Crippen MR) is 143 cm³/mol. The highest BCUT2D eigenvalue weighted by Gasteiger charge is 2.48. The zero-order valence-electron chi connectivity index (χ0n) is 19.8. The lowest BCUT2D eigenvalue weighted by Gasteiger charge is -2.22. The number of amides is 1. The number of aromatic nitrogens is 3. The van der Waals surface area contributed by atoms with Crippen molar-refractivity contribution in [2.45, 2.75) is 23.1 Å². The van der Waals surface area contributed by atoms with Gasteiger partial charge in [0.15, 0.2) is 4.34 Å². The fraction of sp³-hybridized carbons (Fsp3) is 0.115. The number of rotatable bonds is 7. The highest BCUT2D eigenvalue weighted by Crippen LogP contribution is 2.44. The molecule has 0 saturated carbocycles. The van der Waals surface area contributed by atoms with Gasteiger partial charge in [-0.1, -0.05) is 65.1 Å². The van der Waals surface area contributed by atoms with Gasteiger partial charge < -0.3 is 5.11 Å². The van der Waals surface area contributed by atoms with Crippen LogP contribution < -0.4 is 4.90 Å². The van der Waals surface area contributed by atoms with Crippen LogP contribution in [-0.2, 0) is 15.3 Å². The summed E-state index contributed by atoms with van der Waals surface area (Å²) < 4.78 is 0.578. The van der Waals surface area contributed by atoms with Crippen LogP contribution in [0.5, 0.6) is 0 Å². The van der Waals surface area contributed by atoms with E-state index in [4.69, 9.17) is 0 Å². The van der Waals surface area contributed by atoms with Crippen LogP contribution in [0.4, 0.5) is 10.8 Å². The van der Waals surface area contributed by atoms with Gasteiger partial charge in [0.25, 0.3) is 11.5 Å². The van der Waals surface area contributed by atoms with E-state index in [-0.39, 0.29) is 27.5 Å². The number of aliphatic hydroxyl groups is 1. The number of ketones is 1. The summed E-state index contributed by atoms with van der Waals surface area (Å²) in [6.07, 6.45) is 2.88. The van der Waals surface area contributed by atoms with Crippen molar-refractivity contribution in [2.24, 2.45) is 0 Å². The van der Waals surface area contributed by atoms with Crippen LogP contribution >= 0.6 is 23.1 Å². The SMILES string of the molecule is Cc1ccc(CSc2nnc(N3C(=O)C(=O)C(=C(O)c4ccncc4)C3c3cccc([N+](=O)[O-])c3)s2)cc1. The molecule has 0 aliphatic carbocycles. The number of anilines is 1. The fourth-order valence-corrected chi connectivity index (χ4v) is 5.83. The van der Waals surface area contributed by atoms with E-state index in [1.54, 1.807) is 6.07 Å². The summed E-state index contributed by atoms with van der Waals surface area (Å²) in [4.78, 5) is 42.5. The molecular weight excluding hydrogens is 526 g/mol. The zero-order valence-corrected chi connectivity index (χ0v) is 21.5. The number of carbonyl (C=O) groups excluding carboxylic acids is 2. The fourth-order valence-electron chi connectivity index (χ4n) is 4.01. The smallest absolute Gasteiger partial charge is 0.301 e. The number of thioether (sulfide) groups is 1. The molecule has 12 heteroatoms. The molecule has 5 rings (SSSR count). The molecule has 0 spiro atoms. The van der Waals surface area contributed by atoms with Crippen LogP contribution in [0.15, 0.2) is 83.0 Å². The van der Waals surface area contributed by atoms with Gasteiger partial charge in [0.1, 0.15) is 5.76 Å². The lowest BCUT2D eigenvalue weighted by molar-refractivity contribution is -0.384. The molecule has 1 aliphatic rings. The molecule has 1 fully saturated rings. The van der Waals surface area contributed by atoms with E-state index in [9.17, 15) is 24.8 Å². The Morgan fingerprint density at radius 2 is 1.84 bits per heavy atom. The molecule has 0 bridgehead atoms. The average Bonchev–Trinajstić information content (AvgIpc) is 3.50. The van der Waals surface area contributed by atoms with Gasteiger partial charge in [-0.2, -0.15) is 0 Å². The Hall–Kier alpha value is -4.42. The van der Waals surface area contributed by atoms with Gasteiger partial charge in [0.05, 0.1) is 16.5 Å². The summed E-state index contributed by atoms with van der Waals surface area (Å²) >= 11 is 2.56.